The van der Waals surface area contributed by atoms with Crippen molar-refractivity contribution in [3.8, 4) is 0 Å². The molecule has 0 saturated carbocycles. The second-order valence-electron chi connectivity index (χ2n) is 5.96. The number of carboxylic acids is 1. The number of carbonyl (C=O) groups is 1. The third-order valence-electron chi connectivity index (χ3n) is 4.26. The standard InChI is InChI=1S/C18H21N3O2/c1-14-12-20(9-10-21(14)17-5-3-2-4-6-17)13-16-8-7-15(11-19-16)18(22)23/h2-8,11,14H,9-10,12-13H2,1H3,(H,22,23). The van der Waals surface area contributed by atoms with Crippen LogP contribution in [0.5, 0.6) is 0 Å². The Balaban J connectivity index is 1.60. The molecule has 1 aliphatic rings. The van der Waals surface area contributed by atoms with Crippen LogP contribution in [0.2, 0.25) is 0 Å². The van der Waals surface area contributed by atoms with E-state index in [4.69, 9.17) is 5.11 Å². The monoisotopic (exact) mass is 311 g/mol. The van der Waals surface area contributed by atoms with Crippen molar-refractivity contribution in [2.75, 3.05) is 24.5 Å². The van der Waals surface area contributed by atoms with Crippen molar-refractivity contribution >= 4 is 11.7 Å². The average Bonchev–Trinajstić information content (AvgIpc) is 2.56. The number of piperazine rings is 1. The van der Waals surface area contributed by atoms with Crippen LogP contribution in [0, 0.1) is 0 Å². The molecule has 5 heteroatoms. The zero-order valence-electron chi connectivity index (χ0n) is 13.2. The molecule has 3 rings (SSSR count). The van der Waals surface area contributed by atoms with Crippen LogP contribution in [-0.4, -0.2) is 46.6 Å². The highest BCUT2D eigenvalue weighted by molar-refractivity contribution is 5.87. The lowest BCUT2D eigenvalue weighted by Gasteiger charge is -2.41. The summed E-state index contributed by atoms with van der Waals surface area (Å²) in [6.45, 7) is 5.92. The first-order valence-electron chi connectivity index (χ1n) is 7.86. The molecule has 1 aromatic heterocycles. The number of anilines is 1. The van der Waals surface area contributed by atoms with Crippen LogP contribution in [0.25, 0.3) is 0 Å². The number of pyridine rings is 1. The molecule has 0 radical (unpaired) electrons. The minimum absolute atomic E-state index is 0.232. The van der Waals surface area contributed by atoms with Gasteiger partial charge in [0, 0.05) is 44.1 Å². The van der Waals surface area contributed by atoms with Gasteiger partial charge < -0.3 is 10.0 Å². The predicted molar refractivity (Wildman–Crippen MR) is 89.7 cm³/mol. The van der Waals surface area contributed by atoms with E-state index in [1.54, 1.807) is 12.1 Å². The molecule has 2 heterocycles. The van der Waals surface area contributed by atoms with Gasteiger partial charge in [-0.2, -0.15) is 0 Å². The van der Waals surface area contributed by atoms with Crippen LogP contribution in [0.4, 0.5) is 5.69 Å². The van der Waals surface area contributed by atoms with E-state index in [1.807, 2.05) is 6.07 Å². The van der Waals surface area contributed by atoms with E-state index < -0.39 is 5.97 Å². The topological polar surface area (TPSA) is 56.7 Å². The molecular weight excluding hydrogens is 290 g/mol. The van der Waals surface area contributed by atoms with Crippen LogP contribution < -0.4 is 4.90 Å². The van der Waals surface area contributed by atoms with Crippen LogP contribution in [0.15, 0.2) is 48.7 Å². The van der Waals surface area contributed by atoms with Gasteiger partial charge in [-0.3, -0.25) is 9.88 Å². The van der Waals surface area contributed by atoms with Crippen molar-refractivity contribution in [1.82, 2.24) is 9.88 Å². The Morgan fingerprint density at radius 3 is 2.61 bits per heavy atom. The molecule has 1 aliphatic heterocycles. The van der Waals surface area contributed by atoms with Crippen molar-refractivity contribution in [3.63, 3.8) is 0 Å². The van der Waals surface area contributed by atoms with E-state index in [2.05, 4.69) is 46.0 Å². The number of hydrogen-bond donors (Lipinski definition) is 1. The fraction of sp³-hybridized carbons (Fsp3) is 0.333. The van der Waals surface area contributed by atoms with E-state index in [1.165, 1.54) is 11.9 Å². The predicted octanol–water partition coefficient (Wildman–Crippen LogP) is 2.49. The highest BCUT2D eigenvalue weighted by atomic mass is 16.4. The summed E-state index contributed by atoms with van der Waals surface area (Å²) in [5.74, 6) is -0.936. The third kappa shape index (κ3) is 3.68. The number of benzene rings is 1. The van der Waals surface area contributed by atoms with Gasteiger partial charge in [-0.15, -0.1) is 0 Å². The largest absolute Gasteiger partial charge is 0.478 e. The van der Waals surface area contributed by atoms with Crippen LogP contribution in [0.1, 0.15) is 23.0 Å². The van der Waals surface area contributed by atoms with Crippen molar-refractivity contribution < 1.29 is 9.90 Å². The Morgan fingerprint density at radius 2 is 2.00 bits per heavy atom. The minimum atomic E-state index is -0.936. The van der Waals surface area contributed by atoms with Gasteiger partial charge in [0.25, 0.3) is 0 Å². The molecule has 5 nitrogen and oxygen atoms in total. The number of para-hydroxylation sites is 1. The average molecular weight is 311 g/mol. The van der Waals surface area contributed by atoms with Gasteiger partial charge in [-0.05, 0) is 31.2 Å². The molecule has 1 saturated heterocycles. The van der Waals surface area contributed by atoms with Gasteiger partial charge in [0.05, 0.1) is 11.3 Å². The summed E-state index contributed by atoms with van der Waals surface area (Å²) < 4.78 is 0. The lowest BCUT2D eigenvalue weighted by molar-refractivity contribution is 0.0696. The fourth-order valence-corrected chi connectivity index (χ4v) is 3.05. The molecule has 0 aliphatic carbocycles. The minimum Gasteiger partial charge on any atom is -0.478 e. The summed E-state index contributed by atoms with van der Waals surface area (Å²) >= 11 is 0. The van der Waals surface area contributed by atoms with E-state index in [-0.39, 0.29) is 5.56 Å². The van der Waals surface area contributed by atoms with Gasteiger partial charge >= 0.3 is 5.97 Å². The Morgan fingerprint density at radius 1 is 1.22 bits per heavy atom. The lowest BCUT2D eigenvalue weighted by Crippen LogP contribution is -2.51. The second-order valence-corrected chi connectivity index (χ2v) is 5.96. The highest BCUT2D eigenvalue weighted by Crippen LogP contribution is 2.20. The van der Waals surface area contributed by atoms with Gasteiger partial charge in [0.15, 0.2) is 0 Å². The Kier molecular flexibility index (Phi) is 4.57. The first kappa shape index (κ1) is 15.5. The molecule has 1 atom stereocenters. The quantitative estimate of drug-likeness (QED) is 0.940. The summed E-state index contributed by atoms with van der Waals surface area (Å²) in [5.41, 5.74) is 2.41. The first-order valence-corrected chi connectivity index (χ1v) is 7.86. The molecule has 0 bridgehead atoms. The summed E-state index contributed by atoms with van der Waals surface area (Å²) in [7, 11) is 0. The van der Waals surface area contributed by atoms with Crippen LogP contribution >= 0.6 is 0 Å². The number of rotatable bonds is 4. The Bertz CT molecular complexity index is 658. The third-order valence-corrected chi connectivity index (χ3v) is 4.26. The maximum absolute atomic E-state index is 10.9. The number of carboxylic acid groups (broad SMARTS) is 1. The number of aromatic nitrogens is 1. The normalized spacial score (nSPS) is 18.8. The van der Waals surface area contributed by atoms with Crippen molar-refractivity contribution in [2.45, 2.75) is 19.5 Å². The van der Waals surface area contributed by atoms with E-state index >= 15 is 0 Å². The van der Waals surface area contributed by atoms with Gasteiger partial charge in [-0.25, -0.2) is 4.79 Å². The molecule has 0 spiro atoms. The maximum Gasteiger partial charge on any atom is 0.337 e. The van der Waals surface area contributed by atoms with Gasteiger partial charge in [0.2, 0.25) is 0 Å². The van der Waals surface area contributed by atoms with Crippen molar-refractivity contribution in [1.29, 1.82) is 0 Å². The number of aromatic carboxylic acids is 1. The zero-order chi connectivity index (χ0) is 16.2. The first-order chi connectivity index (χ1) is 11.1. The second kappa shape index (κ2) is 6.79. The molecule has 23 heavy (non-hydrogen) atoms. The lowest BCUT2D eigenvalue weighted by atomic mass is 10.1. The molecule has 1 unspecified atom stereocenters. The van der Waals surface area contributed by atoms with E-state index in [0.717, 1.165) is 31.9 Å². The summed E-state index contributed by atoms with van der Waals surface area (Å²) in [4.78, 5) is 19.9. The molecular formula is C18H21N3O2. The van der Waals surface area contributed by atoms with Crippen molar-refractivity contribution in [2.24, 2.45) is 0 Å². The van der Waals surface area contributed by atoms with Crippen molar-refractivity contribution in [3.05, 3.63) is 59.9 Å². The van der Waals surface area contributed by atoms with Crippen LogP contribution in [-0.2, 0) is 6.54 Å². The maximum atomic E-state index is 10.9. The van der Waals surface area contributed by atoms with E-state index in [0.29, 0.717) is 6.04 Å². The molecule has 1 N–H and O–H groups in total. The highest BCUT2D eigenvalue weighted by Gasteiger charge is 2.23. The Labute approximate surface area is 136 Å². The fourth-order valence-electron chi connectivity index (χ4n) is 3.05. The van der Waals surface area contributed by atoms with Gasteiger partial charge in [-0.1, -0.05) is 18.2 Å². The smallest absolute Gasteiger partial charge is 0.337 e. The Hall–Kier alpha value is -2.40. The molecule has 1 fully saturated rings. The van der Waals surface area contributed by atoms with Crippen LogP contribution in [0.3, 0.4) is 0 Å². The molecule has 2 aromatic rings. The summed E-state index contributed by atoms with van der Waals surface area (Å²) in [6, 6.07) is 14.3. The zero-order valence-corrected chi connectivity index (χ0v) is 13.2. The number of nitrogens with zero attached hydrogens (tertiary/aromatic N) is 3. The summed E-state index contributed by atoms with van der Waals surface area (Å²) in [5, 5.41) is 8.91. The van der Waals surface area contributed by atoms with E-state index in [9.17, 15) is 4.79 Å². The molecule has 1 aromatic carbocycles. The SMILES string of the molecule is CC1CN(Cc2ccc(C(=O)O)cn2)CCN1c1ccccc1. The summed E-state index contributed by atoms with van der Waals surface area (Å²) in [6.07, 6.45) is 1.43. The molecule has 120 valence electrons. The van der Waals surface area contributed by atoms with Gasteiger partial charge in [0.1, 0.15) is 0 Å². The number of hydrogen-bond acceptors (Lipinski definition) is 4. The molecule has 0 amide bonds.